The van der Waals surface area contributed by atoms with Crippen LogP contribution in [0.2, 0.25) is 4.47 Å². The number of nitro groups is 1. The first-order valence-corrected chi connectivity index (χ1v) is 8.49. The highest BCUT2D eigenvalue weighted by atomic mass is 35.5. The number of methoxy groups -OCH3 is 1. The molecule has 1 N–H and O–H groups in total. The molecule has 0 amide bonds. The Kier molecular flexibility index (Phi) is 6.20. The fourth-order valence-electron chi connectivity index (χ4n) is 1.64. The number of nitro benzene ring substituents is 1. The maximum absolute atomic E-state index is 11.2. The van der Waals surface area contributed by atoms with Crippen molar-refractivity contribution in [1.29, 1.82) is 0 Å². The molecular weight excluding hydrogens is 362 g/mol. The predicted octanol–water partition coefficient (Wildman–Crippen LogP) is 3.58. The standard InChI is InChI=1S/C13H12ClN3O4S2/c1-21-12(18)7-22-11-3-2-8(4-10(11)17(19)20)15-5-9-6-16-13(14)23-9/h2-4,6,15H,5,7H2,1H3. The summed E-state index contributed by atoms with van der Waals surface area (Å²) in [6.07, 6.45) is 1.65. The van der Waals surface area contributed by atoms with Gasteiger partial charge in [-0.15, -0.1) is 23.1 Å². The third-order valence-corrected chi connectivity index (χ3v) is 4.87. The van der Waals surface area contributed by atoms with E-state index in [1.165, 1.54) is 24.5 Å². The lowest BCUT2D eigenvalue weighted by Crippen LogP contribution is -2.04. The van der Waals surface area contributed by atoms with Gasteiger partial charge in [0.05, 0.1) is 29.2 Å². The van der Waals surface area contributed by atoms with E-state index in [9.17, 15) is 14.9 Å². The highest BCUT2D eigenvalue weighted by Gasteiger charge is 2.16. The maximum Gasteiger partial charge on any atom is 0.315 e. The topological polar surface area (TPSA) is 94.4 Å². The molecule has 0 bridgehead atoms. The zero-order valence-electron chi connectivity index (χ0n) is 11.9. The van der Waals surface area contributed by atoms with Crippen molar-refractivity contribution in [3.63, 3.8) is 0 Å². The minimum absolute atomic E-state index is 0.0173. The molecule has 0 atom stereocenters. The first kappa shape index (κ1) is 17.5. The second kappa shape index (κ2) is 8.14. The summed E-state index contributed by atoms with van der Waals surface area (Å²) in [6, 6.07) is 4.76. The highest BCUT2D eigenvalue weighted by molar-refractivity contribution is 8.00. The Bertz CT molecular complexity index is 723. The normalized spacial score (nSPS) is 10.3. The SMILES string of the molecule is COC(=O)CSc1ccc(NCc2cnc(Cl)s2)cc1[N+](=O)[O-]. The van der Waals surface area contributed by atoms with Crippen LogP contribution in [0.1, 0.15) is 4.88 Å². The van der Waals surface area contributed by atoms with Crippen molar-refractivity contribution in [3.8, 4) is 0 Å². The van der Waals surface area contributed by atoms with Gasteiger partial charge in [-0.05, 0) is 12.1 Å². The monoisotopic (exact) mass is 373 g/mol. The van der Waals surface area contributed by atoms with Crippen LogP contribution in [0, 0.1) is 10.1 Å². The number of thiazole rings is 1. The van der Waals surface area contributed by atoms with Crippen LogP contribution < -0.4 is 5.32 Å². The minimum atomic E-state index is -0.478. The van der Waals surface area contributed by atoms with E-state index in [4.69, 9.17) is 11.6 Å². The van der Waals surface area contributed by atoms with Crippen molar-refractivity contribution in [2.75, 3.05) is 18.2 Å². The predicted molar refractivity (Wildman–Crippen MR) is 90.3 cm³/mol. The van der Waals surface area contributed by atoms with Crippen LogP contribution in [0.15, 0.2) is 29.3 Å². The molecule has 0 saturated heterocycles. The number of nitrogens with zero attached hydrogens (tertiary/aromatic N) is 2. The van der Waals surface area contributed by atoms with E-state index in [0.717, 1.165) is 16.6 Å². The van der Waals surface area contributed by atoms with Gasteiger partial charge in [0.2, 0.25) is 0 Å². The molecule has 0 aliphatic rings. The number of aromatic nitrogens is 1. The average Bonchev–Trinajstić information content (AvgIpc) is 2.96. The summed E-state index contributed by atoms with van der Waals surface area (Å²) in [5.74, 6) is -0.419. The lowest BCUT2D eigenvalue weighted by Gasteiger charge is -2.07. The number of carbonyl (C=O) groups excluding carboxylic acids is 1. The zero-order valence-corrected chi connectivity index (χ0v) is 14.3. The molecule has 0 radical (unpaired) electrons. The van der Waals surface area contributed by atoms with Crippen LogP contribution in [-0.4, -0.2) is 28.7 Å². The van der Waals surface area contributed by atoms with Crippen molar-refractivity contribution in [2.24, 2.45) is 0 Å². The number of rotatable bonds is 7. The van der Waals surface area contributed by atoms with E-state index < -0.39 is 10.9 Å². The fraction of sp³-hybridized carbons (Fsp3) is 0.231. The summed E-state index contributed by atoms with van der Waals surface area (Å²) in [5, 5.41) is 14.3. The fourth-order valence-corrected chi connectivity index (χ4v) is 3.40. The molecule has 1 aromatic heterocycles. The largest absolute Gasteiger partial charge is 0.468 e. The van der Waals surface area contributed by atoms with Crippen LogP contribution in [0.3, 0.4) is 0 Å². The van der Waals surface area contributed by atoms with Gasteiger partial charge in [-0.2, -0.15) is 0 Å². The zero-order chi connectivity index (χ0) is 16.8. The minimum Gasteiger partial charge on any atom is -0.468 e. The highest BCUT2D eigenvalue weighted by Crippen LogP contribution is 2.32. The molecule has 23 heavy (non-hydrogen) atoms. The van der Waals surface area contributed by atoms with Gasteiger partial charge in [0, 0.05) is 22.8 Å². The molecule has 122 valence electrons. The lowest BCUT2D eigenvalue weighted by molar-refractivity contribution is -0.387. The molecule has 10 heteroatoms. The van der Waals surface area contributed by atoms with Crippen molar-refractivity contribution < 1.29 is 14.5 Å². The lowest BCUT2D eigenvalue weighted by atomic mass is 10.3. The van der Waals surface area contributed by atoms with Gasteiger partial charge < -0.3 is 10.1 Å². The Morgan fingerprint density at radius 2 is 2.35 bits per heavy atom. The van der Waals surface area contributed by atoms with E-state index in [1.807, 2.05) is 0 Å². The first-order valence-electron chi connectivity index (χ1n) is 6.31. The van der Waals surface area contributed by atoms with Gasteiger partial charge in [-0.3, -0.25) is 14.9 Å². The summed E-state index contributed by atoms with van der Waals surface area (Å²) in [4.78, 5) is 27.1. The molecule has 0 aliphatic carbocycles. The Morgan fingerprint density at radius 3 is 2.96 bits per heavy atom. The Morgan fingerprint density at radius 1 is 1.57 bits per heavy atom. The molecule has 0 saturated carbocycles. The number of anilines is 1. The van der Waals surface area contributed by atoms with Gasteiger partial charge in [0.25, 0.3) is 5.69 Å². The third-order valence-electron chi connectivity index (χ3n) is 2.72. The van der Waals surface area contributed by atoms with Crippen molar-refractivity contribution in [1.82, 2.24) is 4.98 Å². The summed E-state index contributed by atoms with van der Waals surface area (Å²) in [5.41, 5.74) is 0.537. The van der Waals surface area contributed by atoms with E-state index >= 15 is 0 Å². The number of halogens is 1. The van der Waals surface area contributed by atoms with Crippen LogP contribution in [-0.2, 0) is 16.1 Å². The van der Waals surface area contributed by atoms with E-state index in [1.54, 1.807) is 18.3 Å². The molecule has 7 nitrogen and oxygen atoms in total. The molecule has 2 rings (SSSR count). The first-order chi connectivity index (χ1) is 11.0. The molecular formula is C13H12ClN3O4S2. The summed E-state index contributed by atoms with van der Waals surface area (Å²) < 4.78 is 4.97. The van der Waals surface area contributed by atoms with Crippen molar-refractivity contribution >= 4 is 52.0 Å². The average molecular weight is 374 g/mol. The van der Waals surface area contributed by atoms with E-state index in [2.05, 4.69) is 15.0 Å². The van der Waals surface area contributed by atoms with Gasteiger partial charge >= 0.3 is 5.97 Å². The Labute approximate surface area is 145 Å². The van der Waals surface area contributed by atoms with Crippen molar-refractivity contribution in [3.05, 3.63) is 43.9 Å². The number of hydrogen-bond donors (Lipinski definition) is 1. The number of carbonyl (C=O) groups is 1. The molecule has 0 aliphatic heterocycles. The van der Waals surface area contributed by atoms with Gasteiger partial charge in [0.1, 0.15) is 0 Å². The van der Waals surface area contributed by atoms with Gasteiger partial charge in [-0.1, -0.05) is 11.6 Å². The summed E-state index contributed by atoms with van der Waals surface area (Å²) in [6.45, 7) is 0.468. The van der Waals surface area contributed by atoms with E-state index in [-0.39, 0.29) is 11.4 Å². The number of nitrogens with one attached hydrogen (secondary N) is 1. The van der Waals surface area contributed by atoms with Crippen LogP contribution in [0.4, 0.5) is 11.4 Å². The number of thioether (sulfide) groups is 1. The van der Waals surface area contributed by atoms with Crippen LogP contribution >= 0.6 is 34.7 Å². The second-order valence-corrected chi connectivity index (χ2v) is 6.95. The number of hydrogen-bond acceptors (Lipinski definition) is 8. The van der Waals surface area contributed by atoms with Gasteiger partial charge in [-0.25, -0.2) is 4.98 Å². The smallest absolute Gasteiger partial charge is 0.315 e. The number of esters is 1. The van der Waals surface area contributed by atoms with Crippen LogP contribution in [0.5, 0.6) is 0 Å². The Hall–Kier alpha value is -1.84. The number of ether oxygens (including phenoxy) is 1. The molecule has 2 aromatic rings. The molecule has 1 heterocycles. The number of benzene rings is 1. The molecule has 0 unspecified atom stereocenters. The Balaban J connectivity index is 2.08. The third kappa shape index (κ3) is 5.08. The summed E-state index contributed by atoms with van der Waals surface area (Å²) >= 11 is 8.15. The molecule has 0 spiro atoms. The van der Waals surface area contributed by atoms with E-state index in [0.29, 0.717) is 21.6 Å². The van der Waals surface area contributed by atoms with Crippen molar-refractivity contribution in [2.45, 2.75) is 11.4 Å². The van der Waals surface area contributed by atoms with Gasteiger partial charge in [0.15, 0.2) is 4.47 Å². The molecule has 0 fully saturated rings. The maximum atomic E-state index is 11.2. The summed E-state index contributed by atoms with van der Waals surface area (Å²) in [7, 11) is 1.27. The van der Waals surface area contributed by atoms with Crippen LogP contribution in [0.25, 0.3) is 0 Å². The second-order valence-electron chi connectivity index (χ2n) is 4.24. The quantitative estimate of drug-likeness (QED) is 0.343. The molecule has 1 aromatic carbocycles.